The minimum absolute atomic E-state index is 0.00735. The number of hydrogen-bond donors (Lipinski definition) is 2. The van der Waals surface area contributed by atoms with Crippen LogP contribution in [0.15, 0.2) is 54.6 Å². The van der Waals surface area contributed by atoms with Gasteiger partial charge in [0.1, 0.15) is 0 Å². The molecule has 0 spiro atoms. The summed E-state index contributed by atoms with van der Waals surface area (Å²) >= 11 is 5.91. The number of carbonyl (C=O) groups excluding carboxylic acids is 2. The van der Waals surface area contributed by atoms with Crippen LogP contribution < -0.4 is 15.5 Å². The van der Waals surface area contributed by atoms with Crippen LogP contribution in [-0.2, 0) is 11.3 Å². The van der Waals surface area contributed by atoms with Crippen LogP contribution in [0.4, 0.5) is 10.5 Å². The molecule has 7 heteroatoms. The lowest BCUT2D eigenvalue weighted by atomic mass is 10.2. The van der Waals surface area contributed by atoms with Crippen LogP contribution in [0.3, 0.4) is 0 Å². The molecule has 1 aromatic heterocycles. The minimum atomic E-state index is -0.255. The largest absolute Gasteiger partial charge is 0.343 e. The summed E-state index contributed by atoms with van der Waals surface area (Å²) in [5.74, 6) is -0.00735. The highest BCUT2D eigenvalue weighted by molar-refractivity contribution is 6.30. The number of hydrogen-bond acceptors (Lipinski definition) is 2. The first kappa shape index (κ1) is 19.3. The molecule has 1 aliphatic rings. The summed E-state index contributed by atoms with van der Waals surface area (Å²) in [6.07, 6.45) is 0.289. The van der Waals surface area contributed by atoms with E-state index in [9.17, 15) is 9.59 Å². The van der Waals surface area contributed by atoms with E-state index in [4.69, 9.17) is 11.6 Å². The summed E-state index contributed by atoms with van der Waals surface area (Å²) < 4.78 is 2.19. The molecule has 0 aliphatic carbocycles. The standard InChI is InChI=1S/C22H23ClN4O2/c1-15-12-16-4-2-3-5-20(16)26(15)11-10-24-22(29)25-18-13-21(28)27(14-18)19-8-6-17(23)7-9-19/h2-9,12,18H,10-11,13-14H2,1H3,(H2,24,25,29). The number of fused-ring (bicyclic) bond motifs is 1. The van der Waals surface area contributed by atoms with Crippen LogP contribution in [0.1, 0.15) is 12.1 Å². The molecule has 2 N–H and O–H groups in total. The predicted octanol–water partition coefficient (Wildman–Crippen LogP) is 3.71. The first-order valence-electron chi connectivity index (χ1n) is 9.66. The number of aryl methyl sites for hydroxylation is 1. The summed E-state index contributed by atoms with van der Waals surface area (Å²) in [6, 6.07) is 17.0. The molecule has 1 fully saturated rings. The van der Waals surface area contributed by atoms with Crippen molar-refractivity contribution in [3.8, 4) is 0 Å². The van der Waals surface area contributed by atoms with Crippen LogP contribution in [0.2, 0.25) is 5.02 Å². The van der Waals surface area contributed by atoms with E-state index in [-0.39, 0.29) is 24.4 Å². The number of benzene rings is 2. The number of halogens is 1. The van der Waals surface area contributed by atoms with Crippen LogP contribution in [-0.4, -0.2) is 35.6 Å². The number of aromatic nitrogens is 1. The molecule has 29 heavy (non-hydrogen) atoms. The highest BCUT2D eigenvalue weighted by atomic mass is 35.5. The summed E-state index contributed by atoms with van der Waals surface area (Å²) in [4.78, 5) is 26.3. The van der Waals surface area contributed by atoms with Gasteiger partial charge in [0.2, 0.25) is 5.91 Å². The van der Waals surface area contributed by atoms with Gasteiger partial charge in [0.05, 0.1) is 6.04 Å². The Labute approximate surface area is 174 Å². The number of anilines is 1. The zero-order chi connectivity index (χ0) is 20.4. The monoisotopic (exact) mass is 410 g/mol. The third-order valence-electron chi connectivity index (χ3n) is 5.24. The SMILES string of the molecule is Cc1cc2ccccc2n1CCNC(=O)NC1CC(=O)N(c2ccc(Cl)cc2)C1. The van der Waals surface area contributed by atoms with Gasteiger partial charge in [-0.25, -0.2) is 4.79 Å². The van der Waals surface area contributed by atoms with Crippen LogP contribution in [0, 0.1) is 6.92 Å². The van der Waals surface area contributed by atoms with E-state index in [2.05, 4.69) is 40.3 Å². The summed E-state index contributed by atoms with van der Waals surface area (Å²) in [5, 5.41) is 7.62. The molecule has 1 atom stereocenters. The molecular formula is C22H23ClN4O2. The maximum absolute atomic E-state index is 12.3. The Balaban J connectivity index is 1.29. The molecule has 2 aromatic carbocycles. The van der Waals surface area contributed by atoms with Crippen molar-refractivity contribution in [2.75, 3.05) is 18.0 Å². The molecule has 6 nitrogen and oxygen atoms in total. The average Bonchev–Trinajstić information content (AvgIpc) is 3.21. The number of nitrogens with one attached hydrogen (secondary N) is 2. The second-order valence-electron chi connectivity index (χ2n) is 7.28. The Hall–Kier alpha value is -2.99. The maximum Gasteiger partial charge on any atom is 0.315 e. The lowest BCUT2D eigenvalue weighted by Crippen LogP contribution is -2.44. The molecule has 2 heterocycles. The van der Waals surface area contributed by atoms with Gasteiger partial charge < -0.3 is 20.1 Å². The number of carbonyl (C=O) groups is 2. The molecule has 4 rings (SSSR count). The van der Waals surface area contributed by atoms with Crippen molar-refractivity contribution >= 4 is 40.1 Å². The van der Waals surface area contributed by atoms with Gasteiger partial charge >= 0.3 is 6.03 Å². The third-order valence-corrected chi connectivity index (χ3v) is 5.49. The molecule has 0 saturated carbocycles. The second kappa shape index (κ2) is 8.17. The normalized spacial score (nSPS) is 16.4. The summed E-state index contributed by atoms with van der Waals surface area (Å²) in [6.45, 7) is 3.71. The fraction of sp³-hybridized carbons (Fsp3) is 0.273. The molecule has 1 aliphatic heterocycles. The topological polar surface area (TPSA) is 66.4 Å². The Morgan fingerprint density at radius 2 is 1.93 bits per heavy atom. The lowest BCUT2D eigenvalue weighted by Gasteiger charge is -2.17. The van der Waals surface area contributed by atoms with Gasteiger partial charge in [-0.3, -0.25) is 4.79 Å². The Morgan fingerprint density at radius 3 is 2.72 bits per heavy atom. The first-order chi connectivity index (χ1) is 14.0. The molecule has 3 aromatic rings. The van der Waals surface area contributed by atoms with E-state index in [1.54, 1.807) is 17.0 Å². The third kappa shape index (κ3) is 4.22. The van der Waals surface area contributed by atoms with Crippen molar-refractivity contribution in [3.05, 3.63) is 65.3 Å². The van der Waals surface area contributed by atoms with Gasteiger partial charge in [0, 0.05) is 48.0 Å². The van der Waals surface area contributed by atoms with E-state index in [0.717, 1.165) is 16.9 Å². The van der Waals surface area contributed by atoms with Crippen molar-refractivity contribution in [1.29, 1.82) is 0 Å². The first-order valence-corrected chi connectivity index (χ1v) is 10.0. The quantitative estimate of drug-likeness (QED) is 0.673. The smallest absolute Gasteiger partial charge is 0.315 e. The van der Waals surface area contributed by atoms with Gasteiger partial charge in [0.15, 0.2) is 0 Å². The van der Waals surface area contributed by atoms with Gasteiger partial charge in [-0.15, -0.1) is 0 Å². The van der Waals surface area contributed by atoms with Crippen molar-refractivity contribution in [3.63, 3.8) is 0 Å². The van der Waals surface area contributed by atoms with Crippen molar-refractivity contribution < 1.29 is 9.59 Å². The van der Waals surface area contributed by atoms with E-state index >= 15 is 0 Å². The second-order valence-corrected chi connectivity index (χ2v) is 7.71. The maximum atomic E-state index is 12.3. The van der Waals surface area contributed by atoms with Gasteiger partial charge in [-0.05, 0) is 48.7 Å². The molecule has 150 valence electrons. The Bertz CT molecular complexity index is 1040. The zero-order valence-corrected chi connectivity index (χ0v) is 16.9. The van der Waals surface area contributed by atoms with Crippen molar-refractivity contribution in [1.82, 2.24) is 15.2 Å². The van der Waals surface area contributed by atoms with Crippen LogP contribution >= 0.6 is 11.6 Å². The Morgan fingerprint density at radius 1 is 1.17 bits per heavy atom. The van der Waals surface area contributed by atoms with E-state index in [1.807, 2.05) is 24.3 Å². The number of amides is 3. The molecule has 1 unspecified atom stereocenters. The van der Waals surface area contributed by atoms with E-state index < -0.39 is 0 Å². The fourth-order valence-corrected chi connectivity index (χ4v) is 3.96. The van der Waals surface area contributed by atoms with Gasteiger partial charge in [-0.2, -0.15) is 0 Å². The number of para-hydroxylation sites is 1. The van der Waals surface area contributed by atoms with E-state index in [0.29, 0.717) is 24.7 Å². The highest BCUT2D eigenvalue weighted by Gasteiger charge is 2.31. The zero-order valence-electron chi connectivity index (χ0n) is 16.2. The van der Waals surface area contributed by atoms with Crippen molar-refractivity contribution in [2.45, 2.75) is 25.9 Å². The lowest BCUT2D eigenvalue weighted by molar-refractivity contribution is -0.117. The number of nitrogens with zero attached hydrogens (tertiary/aromatic N) is 2. The molecule has 0 radical (unpaired) electrons. The van der Waals surface area contributed by atoms with E-state index in [1.165, 1.54) is 5.39 Å². The number of urea groups is 1. The minimum Gasteiger partial charge on any atom is -0.343 e. The van der Waals surface area contributed by atoms with Gasteiger partial charge in [0.25, 0.3) is 0 Å². The summed E-state index contributed by atoms with van der Waals surface area (Å²) in [5.41, 5.74) is 3.11. The highest BCUT2D eigenvalue weighted by Crippen LogP contribution is 2.23. The summed E-state index contributed by atoms with van der Waals surface area (Å²) in [7, 11) is 0. The average molecular weight is 411 g/mol. The Kier molecular flexibility index (Phi) is 5.45. The number of rotatable bonds is 5. The fourth-order valence-electron chi connectivity index (χ4n) is 3.84. The molecule has 0 bridgehead atoms. The van der Waals surface area contributed by atoms with Crippen molar-refractivity contribution in [2.24, 2.45) is 0 Å². The van der Waals surface area contributed by atoms with Gasteiger partial charge in [-0.1, -0.05) is 29.8 Å². The molecule has 3 amide bonds. The molecular weight excluding hydrogens is 388 g/mol. The van der Waals surface area contributed by atoms with Crippen LogP contribution in [0.25, 0.3) is 10.9 Å². The molecule has 1 saturated heterocycles. The van der Waals surface area contributed by atoms with Crippen LogP contribution in [0.5, 0.6) is 0 Å². The predicted molar refractivity (Wildman–Crippen MR) is 115 cm³/mol.